The summed E-state index contributed by atoms with van der Waals surface area (Å²) < 4.78 is 2.90. The van der Waals surface area contributed by atoms with E-state index in [4.69, 9.17) is 11.6 Å². The topological polar surface area (TPSA) is 75.9 Å². The molecule has 0 fully saturated rings. The van der Waals surface area contributed by atoms with Crippen molar-refractivity contribution in [3.05, 3.63) is 61.5 Å². The molecule has 0 amide bonds. The Kier molecular flexibility index (Phi) is 6.39. The minimum Gasteiger partial charge on any atom is -0.323 e. The van der Waals surface area contributed by atoms with Gasteiger partial charge in [-0.3, -0.25) is 18.8 Å². The van der Waals surface area contributed by atoms with E-state index in [2.05, 4.69) is 46.1 Å². The Morgan fingerprint density at radius 3 is 2.57 bits per heavy atom. The number of halogens is 1. The standard InChI is InChI=1S/C22H28ClN5O2/c1-2-3-12-27-19-18(24-21(23)25-19)20(29)28(22(27)30)13-7-6-11-26-14-10-16-8-4-5-9-17(16)15-26/h4-5,8-9H,2-3,6-7,10-15H2,1H3,(H,24,25). The van der Waals surface area contributed by atoms with Crippen molar-refractivity contribution >= 4 is 22.8 Å². The first-order chi connectivity index (χ1) is 14.6. The summed E-state index contributed by atoms with van der Waals surface area (Å²) >= 11 is 5.98. The molecule has 0 spiro atoms. The summed E-state index contributed by atoms with van der Waals surface area (Å²) in [5.74, 6) is 0. The molecule has 0 saturated carbocycles. The number of nitrogens with zero attached hydrogens (tertiary/aromatic N) is 4. The molecule has 1 aliphatic rings. The van der Waals surface area contributed by atoms with Crippen molar-refractivity contribution in [2.45, 2.75) is 58.7 Å². The largest absolute Gasteiger partial charge is 0.332 e. The molecule has 1 aromatic carbocycles. The van der Waals surface area contributed by atoms with Crippen LogP contribution in [0.4, 0.5) is 0 Å². The predicted octanol–water partition coefficient (Wildman–Crippen LogP) is 3.18. The third kappa shape index (κ3) is 4.23. The molecular formula is C22H28ClN5O2. The molecule has 2 aromatic heterocycles. The highest BCUT2D eigenvalue weighted by molar-refractivity contribution is 6.28. The molecule has 0 radical (unpaired) electrons. The van der Waals surface area contributed by atoms with Crippen LogP contribution in [0.1, 0.15) is 43.7 Å². The third-order valence-corrected chi connectivity index (χ3v) is 6.06. The minimum absolute atomic E-state index is 0.134. The van der Waals surface area contributed by atoms with Gasteiger partial charge in [0.2, 0.25) is 5.28 Å². The zero-order chi connectivity index (χ0) is 21.1. The van der Waals surface area contributed by atoms with Crippen LogP contribution in [-0.4, -0.2) is 37.1 Å². The van der Waals surface area contributed by atoms with Gasteiger partial charge in [-0.2, -0.15) is 4.98 Å². The predicted molar refractivity (Wildman–Crippen MR) is 119 cm³/mol. The van der Waals surface area contributed by atoms with Gasteiger partial charge in [-0.1, -0.05) is 37.6 Å². The van der Waals surface area contributed by atoms with Gasteiger partial charge in [0.25, 0.3) is 5.56 Å². The van der Waals surface area contributed by atoms with Crippen LogP contribution < -0.4 is 11.2 Å². The highest BCUT2D eigenvalue weighted by Crippen LogP contribution is 2.18. The molecular weight excluding hydrogens is 402 g/mol. The first-order valence-electron chi connectivity index (χ1n) is 10.8. The number of nitrogens with one attached hydrogen (secondary N) is 1. The smallest absolute Gasteiger partial charge is 0.323 e. The molecule has 1 aliphatic heterocycles. The van der Waals surface area contributed by atoms with E-state index in [0.717, 1.165) is 51.7 Å². The third-order valence-electron chi connectivity index (χ3n) is 5.88. The molecule has 30 heavy (non-hydrogen) atoms. The monoisotopic (exact) mass is 429 g/mol. The van der Waals surface area contributed by atoms with Crippen LogP contribution in [0.2, 0.25) is 5.28 Å². The molecule has 7 nitrogen and oxygen atoms in total. The normalized spacial score (nSPS) is 14.3. The second-order valence-corrected chi connectivity index (χ2v) is 8.33. The van der Waals surface area contributed by atoms with Crippen LogP contribution in [0.15, 0.2) is 33.9 Å². The van der Waals surface area contributed by atoms with Gasteiger partial charge >= 0.3 is 5.69 Å². The van der Waals surface area contributed by atoms with Crippen molar-refractivity contribution in [3.63, 3.8) is 0 Å². The maximum Gasteiger partial charge on any atom is 0.332 e. The van der Waals surface area contributed by atoms with Crippen molar-refractivity contribution in [3.8, 4) is 0 Å². The maximum atomic E-state index is 13.0. The van der Waals surface area contributed by atoms with Crippen LogP contribution in [0, 0.1) is 0 Å². The van der Waals surface area contributed by atoms with Crippen molar-refractivity contribution < 1.29 is 0 Å². The number of aryl methyl sites for hydroxylation is 1. The lowest BCUT2D eigenvalue weighted by Crippen LogP contribution is -2.40. The van der Waals surface area contributed by atoms with E-state index in [1.54, 1.807) is 4.57 Å². The van der Waals surface area contributed by atoms with Crippen molar-refractivity contribution in [2.75, 3.05) is 13.1 Å². The fourth-order valence-electron chi connectivity index (χ4n) is 4.20. The average molecular weight is 430 g/mol. The van der Waals surface area contributed by atoms with Crippen LogP contribution in [-0.2, 0) is 26.1 Å². The van der Waals surface area contributed by atoms with Gasteiger partial charge in [-0.05, 0) is 55.0 Å². The Bertz CT molecular complexity index is 1150. The Morgan fingerprint density at radius 1 is 1.03 bits per heavy atom. The van der Waals surface area contributed by atoms with Crippen LogP contribution in [0.5, 0.6) is 0 Å². The van der Waals surface area contributed by atoms with E-state index >= 15 is 0 Å². The molecule has 160 valence electrons. The summed E-state index contributed by atoms with van der Waals surface area (Å²) in [5, 5.41) is 0.134. The van der Waals surface area contributed by atoms with Crippen LogP contribution >= 0.6 is 11.6 Å². The number of imidazole rings is 1. The molecule has 0 aliphatic carbocycles. The highest BCUT2D eigenvalue weighted by atomic mass is 35.5. The number of unbranched alkanes of at least 4 members (excludes halogenated alkanes) is 2. The first-order valence-corrected chi connectivity index (χ1v) is 11.1. The van der Waals surface area contributed by atoms with Gasteiger partial charge in [-0.15, -0.1) is 0 Å². The summed E-state index contributed by atoms with van der Waals surface area (Å²) in [5.41, 5.74) is 2.87. The summed E-state index contributed by atoms with van der Waals surface area (Å²) in [7, 11) is 0. The molecule has 3 heterocycles. The zero-order valence-corrected chi connectivity index (χ0v) is 18.1. The fraction of sp³-hybridized carbons (Fsp3) is 0.500. The van der Waals surface area contributed by atoms with Gasteiger partial charge in [0, 0.05) is 26.2 Å². The number of hydrogen-bond donors (Lipinski definition) is 1. The molecule has 0 bridgehead atoms. The van der Waals surface area contributed by atoms with Gasteiger partial charge in [-0.25, -0.2) is 4.79 Å². The lowest BCUT2D eigenvalue weighted by molar-refractivity contribution is 0.247. The van der Waals surface area contributed by atoms with Crippen LogP contribution in [0.3, 0.4) is 0 Å². The molecule has 0 unspecified atom stereocenters. The van der Waals surface area contributed by atoms with E-state index in [0.29, 0.717) is 24.3 Å². The number of H-pyrrole nitrogens is 1. The van der Waals surface area contributed by atoms with Gasteiger partial charge in [0.05, 0.1) is 0 Å². The molecule has 1 N–H and O–H groups in total. The van der Waals surface area contributed by atoms with Gasteiger partial charge in [0.15, 0.2) is 11.2 Å². The molecule has 8 heteroatoms. The second-order valence-electron chi connectivity index (χ2n) is 7.97. The van der Waals surface area contributed by atoms with Gasteiger partial charge < -0.3 is 4.98 Å². The van der Waals surface area contributed by atoms with Crippen molar-refractivity contribution in [2.24, 2.45) is 0 Å². The number of hydrogen-bond acceptors (Lipinski definition) is 4. The average Bonchev–Trinajstić information content (AvgIpc) is 3.14. The quantitative estimate of drug-likeness (QED) is 0.440. The van der Waals surface area contributed by atoms with Gasteiger partial charge in [0.1, 0.15) is 0 Å². The van der Waals surface area contributed by atoms with E-state index in [9.17, 15) is 9.59 Å². The lowest BCUT2D eigenvalue weighted by Gasteiger charge is -2.28. The zero-order valence-electron chi connectivity index (χ0n) is 17.4. The number of aromatic nitrogens is 4. The summed E-state index contributed by atoms with van der Waals surface area (Å²) in [6.45, 7) is 5.99. The lowest BCUT2D eigenvalue weighted by atomic mass is 10.00. The van der Waals surface area contributed by atoms with Crippen LogP contribution in [0.25, 0.3) is 11.2 Å². The second kappa shape index (κ2) is 9.18. The number of rotatable bonds is 8. The summed E-state index contributed by atoms with van der Waals surface area (Å²) in [4.78, 5) is 35.2. The Balaban J connectivity index is 1.44. The Labute approximate surface area is 180 Å². The van der Waals surface area contributed by atoms with E-state index in [-0.39, 0.29) is 16.5 Å². The highest BCUT2D eigenvalue weighted by Gasteiger charge is 2.18. The van der Waals surface area contributed by atoms with Crippen molar-refractivity contribution in [1.29, 1.82) is 0 Å². The molecule has 3 aromatic rings. The SMILES string of the molecule is CCCCn1c(=O)n(CCCCN2CCc3ccccc3C2)c(=O)c2[nH]c(Cl)nc21. The number of benzene rings is 1. The van der Waals surface area contributed by atoms with E-state index < -0.39 is 0 Å². The maximum absolute atomic E-state index is 13.0. The van der Waals surface area contributed by atoms with E-state index in [1.165, 1.54) is 15.7 Å². The number of fused-ring (bicyclic) bond motifs is 2. The molecule has 4 rings (SSSR count). The van der Waals surface area contributed by atoms with Crippen molar-refractivity contribution in [1.82, 2.24) is 24.0 Å². The minimum atomic E-state index is -0.339. The number of aromatic amines is 1. The molecule has 0 saturated heterocycles. The fourth-order valence-corrected chi connectivity index (χ4v) is 4.38. The Hall–Kier alpha value is -2.38. The van der Waals surface area contributed by atoms with E-state index in [1.807, 2.05) is 0 Å². The Morgan fingerprint density at radius 2 is 1.77 bits per heavy atom. The summed E-state index contributed by atoms with van der Waals surface area (Å²) in [6.07, 6.45) is 4.58. The molecule has 0 atom stereocenters. The first kappa shape index (κ1) is 20.9. The summed E-state index contributed by atoms with van der Waals surface area (Å²) in [6, 6.07) is 8.60.